The molecule has 78 valence electrons. The lowest BCUT2D eigenvalue weighted by Gasteiger charge is -2.17. The fourth-order valence-electron chi connectivity index (χ4n) is 1.08. The van der Waals surface area contributed by atoms with Crippen LogP contribution in [0.1, 0.15) is 18.6 Å². The van der Waals surface area contributed by atoms with E-state index in [-0.39, 0.29) is 15.1 Å². The van der Waals surface area contributed by atoms with Crippen molar-refractivity contribution in [2.75, 3.05) is 0 Å². The molecule has 0 amide bonds. The summed E-state index contributed by atoms with van der Waals surface area (Å²) < 4.78 is 13.8. The molecule has 0 saturated heterocycles. The summed E-state index contributed by atoms with van der Waals surface area (Å²) in [7, 11) is 0. The van der Waals surface area contributed by atoms with Gasteiger partial charge in [0.1, 0.15) is 5.82 Å². The van der Waals surface area contributed by atoms with E-state index in [1.165, 1.54) is 12.1 Å². The number of nitrogens with two attached hydrogens (primary N) is 1. The maximum atomic E-state index is 13.5. The number of hydrogen-bond donors (Lipinski definition) is 2. The number of benzene rings is 1. The van der Waals surface area contributed by atoms with E-state index < -0.39 is 18.0 Å². The van der Waals surface area contributed by atoms with Gasteiger partial charge in [0.2, 0.25) is 0 Å². The van der Waals surface area contributed by atoms with E-state index in [9.17, 15) is 9.50 Å². The predicted octanol–water partition coefficient (Wildman–Crippen LogP) is 2.62. The van der Waals surface area contributed by atoms with Crippen LogP contribution >= 0.6 is 27.5 Å². The minimum Gasteiger partial charge on any atom is -0.387 e. The standard InChI is InChI=1S/C9H10BrClFNO/c1-4(13)9(14)7-6(11)3-2-5(10)8(7)12/h2-4,9,14H,13H2,1H3. The first kappa shape index (κ1) is 11.9. The molecular formula is C9H10BrClFNO. The molecule has 2 unspecified atom stereocenters. The second kappa shape index (κ2) is 4.57. The van der Waals surface area contributed by atoms with E-state index >= 15 is 0 Å². The van der Waals surface area contributed by atoms with Crippen LogP contribution in [0.25, 0.3) is 0 Å². The van der Waals surface area contributed by atoms with E-state index in [4.69, 9.17) is 17.3 Å². The van der Waals surface area contributed by atoms with Crippen molar-refractivity contribution in [3.05, 3.63) is 33.0 Å². The van der Waals surface area contributed by atoms with Gasteiger partial charge in [-0.3, -0.25) is 0 Å². The van der Waals surface area contributed by atoms with Crippen molar-refractivity contribution in [2.24, 2.45) is 5.73 Å². The van der Waals surface area contributed by atoms with E-state index in [2.05, 4.69) is 15.9 Å². The van der Waals surface area contributed by atoms with Crippen LogP contribution in [0, 0.1) is 5.82 Å². The topological polar surface area (TPSA) is 46.2 Å². The molecule has 0 aliphatic rings. The molecule has 14 heavy (non-hydrogen) atoms. The van der Waals surface area contributed by atoms with Gasteiger partial charge in [-0.15, -0.1) is 0 Å². The monoisotopic (exact) mass is 281 g/mol. The Hall–Kier alpha value is -0.160. The highest BCUT2D eigenvalue weighted by Gasteiger charge is 2.21. The fraction of sp³-hybridized carbons (Fsp3) is 0.333. The molecular weight excluding hydrogens is 272 g/mol. The highest BCUT2D eigenvalue weighted by Crippen LogP contribution is 2.31. The van der Waals surface area contributed by atoms with E-state index in [0.717, 1.165) is 0 Å². The van der Waals surface area contributed by atoms with Crippen LogP contribution in [0.4, 0.5) is 4.39 Å². The number of rotatable bonds is 2. The smallest absolute Gasteiger partial charge is 0.144 e. The molecule has 2 atom stereocenters. The van der Waals surface area contributed by atoms with E-state index in [0.29, 0.717) is 0 Å². The molecule has 0 radical (unpaired) electrons. The zero-order valence-corrected chi connectivity index (χ0v) is 9.81. The Morgan fingerprint density at radius 1 is 1.57 bits per heavy atom. The molecule has 0 aliphatic heterocycles. The summed E-state index contributed by atoms with van der Waals surface area (Å²) in [5.41, 5.74) is 5.50. The Balaban J connectivity index is 3.25. The van der Waals surface area contributed by atoms with Crippen LogP contribution in [0.2, 0.25) is 5.02 Å². The third-order valence-corrected chi connectivity index (χ3v) is 2.82. The summed E-state index contributed by atoms with van der Waals surface area (Å²) in [6.07, 6.45) is -1.10. The van der Waals surface area contributed by atoms with Crippen molar-refractivity contribution in [2.45, 2.75) is 19.1 Å². The van der Waals surface area contributed by atoms with Crippen molar-refractivity contribution in [1.29, 1.82) is 0 Å². The first-order valence-electron chi connectivity index (χ1n) is 4.02. The number of aliphatic hydroxyl groups excluding tert-OH is 1. The predicted molar refractivity (Wildman–Crippen MR) is 57.7 cm³/mol. The van der Waals surface area contributed by atoms with Gasteiger partial charge >= 0.3 is 0 Å². The van der Waals surface area contributed by atoms with Crippen LogP contribution in [-0.2, 0) is 0 Å². The van der Waals surface area contributed by atoms with Crippen molar-refractivity contribution >= 4 is 27.5 Å². The molecule has 0 fully saturated rings. The Labute approximate surface area is 95.0 Å². The number of hydrogen-bond acceptors (Lipinski definition) is 2. The Morgan fingerprint density at radius 3 is 2.64 bits per heavy atom. The SMILES string of the molecule is CC(N)C(O)c1c(Cl)ccc(Br)c1F. The minimum atomic E-state index is -1.10. The Bertz CT molecular complexity index is 346. The average Bonchev–Trinajstić information content (AvgIpc) is 2.12. The molecule has 0 spiro atoms. The fourth-order valence-corrected chi connectivity index (χ4v) is 1.68. The lowest BCUT2D eigenvalue weighted by Crippen LogP contribution is -2.25. The maximum Gasteiger partial charge on any atom is 0.144 e. The van der Waals surface area contributed by atoms with Gasteiger partial charge in [0.25, 0.3) is 0 Å². The average molecular weight is 283 g/mol. The summed E-state index contributed by atoms with van der Waals surface area (Å²) in [4.78, 5) is 0. The Morgan fingerprint density at radius 2 is 2.14 bits per heavy atom. The zero-order valence-electron chi connectivity index (χ0n) is 7.47. The van der Waals surface area contributed by atoms with Gasteiger partial charge in [-0.25, -0.2) is 4.39 Å². The second-order valence-electron chi connectivity index (χ2n) is 3.06. The van der Waals surface area contributed by atoms with Crippen molar-refractivity contribution in [1.82, 2.24) is 0 Å². The minimum absolute atomic E-state index is 0.0380. The van der Waals surface area contributed by atoms with E-state index in [1.807, 2.05) is 0 Å². The maximum absolute atomic E-state index is 13.5. The molecule has 0 saturated carbocycles. The molecule has 0 bridgehead atoms. The van der Waals surface area contributed by atoms with Gasteiger partial charge in [0.15, 0.2) is 0 Å². The summed E-state index contributed by atoms with van der Waals surface area (Å²) >= 11 is 8.78. The van der Waals surface area contributed by atoms with Gasteiger partial charge < -0.3 is 10.8 Å². The molecule has 1 rings (SSSR count). The summed E-state index contributed by atoms with van der Waals surface area (Å²) in [6.45, 7) is 1.58. The van der Waals surface area contributed by atoms with Gasteiger partial charge in [0, 0.05) is 16.6 Å². The lowest BCUT2D eigenvalue weighted by molar-refractivity contribution is 0.149. The highest BCUT2D eigenvalue weighted by molar-refractivity contribution is 9.10. The summed E-state index contributed by atoms with van der Waals surface area (Å²) in [5.74, 6) is -0.567. The second-order valence-corrected chi connectivity index (χ2v) is 4.32. The molecule has 1 aromatic carbocycles. The van der Waals surface area contributed by atoms with Crippen LogP contribution < -0.4 is 5.73 Å². The summed E-state index contributed by atoms with van der Waals surface area (Å²) in [6, 6.07) is 2.42. The lowest BCUT2D eigenvalue weighted by atomic mass is 10.0. The van der Waals surface area contributed by atoms with Gasteiger partial charge in [-0.2, -0.15) is 0 Å². The third-order valence-electron chi connectivity index (χ3n) is 1.87. The number of aliphatic hydroxyl groups is 1. The largest absolute Gasteiger partial charge is 0.387 e. The van der Waals surface area contributed by atoms with Gasteiger partial charge in [-0.1, -0.05) is 11.6 Å². The summed E-state index contributed by atoms with van der Waals surface area (Å²) in [5, 5.41) is 9.79. The Kier molecular flexibility index (Phi) is 3.89. The van der Waals surface area contributed by atoms with Crippen LogP contribution in [0.15, 0.2) is 16.6 Å². The first-order chi connectivity index (χ1) is 6.45. The molecule has 0 heterocycles. The molecule has 5 heteroatoms. The van der Waals surface area contributed by atoms with Crippen molar-refractivity contribution in [3.8, 4) is 0 Å². The van der Waals surface area contributed by atoms with Crippen molar-refractivity contribution < 1.29 is 9.50 Å². The molecule has 3 N–H and O–H groups in total. The number of halogens is 3. The quantitative estimate of drug-likeness (QED) is 0.819. The molecule has 0 aliphatic carbocycles. The van der Waals surface area contributed by atoms with Crippen LogP contribution in [0.5, 0.6) is 0 Å². The van der Waals surface area contributed by atoms with Gasteiger partial charge in [0.05, 0.1) is 10.6 Å². The van der Waals surface area contributed by atoms with E-state index in [1.54, 1.807) is 6.92 Å². The van der Waals surface area contributed by atoms with Gasteiger partial charge in [-0.05, 0) is 35.0 Å². The third kappa shape index (κ3) is 2.25. The van der Waals surface area contributed by atoms with Crippen molar-refractivity contribution in [3.63, 3.8) is 0 Å². The van der Waals surface area contributed by atoms with Crippen LogP contribution in [-0.4, -0.2) is 11.1 Å². The molecule has 0 aromatic heterocycles. The normalized spacial score (nSPS) is 15.3. The highest BCUT2D eigenvalue weighted by atomic mass is 79.9. The zero-order chi connectivity index (χ0) is 10.9. The first-order valence-corrected chi connectivity index (χ1v) is 5.19. The molecule has 1 aromatic rings. The van der Waals surface area contributed by atoms with Crippen LogP contribution in [0.3, 0.4) is 0 Å². The molecule has 2 nitrogen and oxygen atoms in total.